The summed E-state index contributed by atoms with van der Waals surface area (Å²) in [7, 11) is 2.12. The van der Waals surface area contributed by atoms with Crippen LogP contribution in [0.15, 0.2) is 0 Å². The summed E-state index contributed by atoms with van der Waals surface area (Å²) in [5.41, 5.74) is 0. The molecule has 0 unspecified atom stereocenters. The van der Waals surface area contributed by atoms with E-state index in [4.69, 9.17) is 4.74 Å². The van der Waals surface area contributed by atoms with Crippen molar-refractivity contribution in [3.8, 4) is 0 Å². The first kappa shape index (κ1) is 12.5. The SMILES string of the molecule is CCCNC(=O)COC1CCN(C)CC1. The molecular weight excluding hydrogens is 192 g/mol. The maximum Gasteiger partial charge on any atom is 0.246 e. The van der Waals surface area contributed by atoms with Crippen molar-refractivity contribution in [3.63, 3.8) is 0 Å². The Bertz CT molecular complexity index is 189. The van der Waals surface area contributed by atoms with E-state index in [0.29, 0.717) is 0 Å². The van der Waals surface area contributed by atoms with E-state index in [-0.39, 0.29) is 18.6 Å². The van der Waals surface area contributed by atoms with Gasteiger partial charge in [0, 0.05) is 19.6 Å². The zero-order valence-electron chi connectivity index (χ0n) is 9.79. The average Bonchev–Trinajstić information content (AvgIpc) is 2.25. The lowest BCUT2D eigenvalue weighted by Gasteiger charge is -2.28. The van der Waals surface area contributed by atoms with Crippen LogP contribution in [0.25, 0.3) is 0 Å². The van der Waals surface area contributed by atoms with Gasteiger partial charge in [0.15, 0.2) is 0 Å². The Morgan fingerprint density at radius 1 is 1.47 bits per heavy atom. The van der Waals surface area contributed by atoms with Crippen LogP contribution in [0, 0.1) is 0 Å². The fourth-order valence-corrected chi connectivity index (χ4v) is 1.66. The lowest BCUT2D eigenvalue weighted by Crippen LogP contribution is -2.36. The molecule has 1 amide bonds. The molecule has 0 aromatic heterocycles. The summed E-state index contributed by atoms with van der Waals surface area (Å²) in [5.74, 6) is 0.00998. The van der Waals surface area contributed by atoms with Crippen molar-refractivity contribution in [2.24, 2.45) is 0 Å². The van der Waals surface area contributed by atoms with Gasteiger partial charge in [-0.3, -0.25) is 4.79 Å². The zero-order chi connectivity index (χ0) is 11.1. The van der Waals surface area contributed by atoms with Crippen LogP contribution in [0.2, 0.25) is 0 Å². The van der Waals surface area contributed by atoms with Crippen molar-refractivity contribution < 1.29 is 9.53 Å². The second-order valence-corrected chi connectivity index (χ2v) is 4.16. The Labute approximate surface area is 92.0 Å². The van der Waals surface area contributed by atoms with Crippen LogP contribution in [-0.4, -0.2) is 50.2 Å². The molecule has 0 atom stereocenters. The first-order chi connectivity index (χ1) is 7.22. The van der Waals surface area contributed by atoms with Crippen LogP contribution in [0.3, 0.4) is 0 Å². The number of rotatable bonds is 5. The highest BCUT2D eigenvalue weighted by Gasteiger charge is 2.17. The van der Waals surface area contributed by atoms with E-state index in [1.54, 1.807) is 0 Å². The van der Waals surface area contributed by atoms with Gasteiger partial charge in [-0.05, 0) is 26.3 Å². The number of nitrogens with zero attached hydrogens (tertiary/aromatic N) is 1. The van der Waals surface area contributed by atoms with Gasteiger partial charge in [0.05, 0.1) is 6.10 Å². The second kappa shape index (κ2) is 6.80. The molecule has 0 saturated carbocycles. The highest BCUT2D eigenvalue weighted by Crippen LogP contribution is 2.11. The van der Waals surface area contributed by atoms with Crippen LogP contribution < -0.4 is 5.32 Å². The minimum absolute atomic E-state index is 0.00998. The minimum atomic E-state index is 0.00998. The number of amides is 1. The molecule has 4 heteroatoms. The number of hydrogen-bond donors (Lipinski definition) is 1. The summed E-state index contributed by atoms with van der Waals surface area (Å²) in [5, 5.41) is 2.81. The largest absolute Gasteiger partial charge is 0.368 e. The van der Waals surface area contributed by atoms with Crippen molar-refractivity contribution in [2.45, 2.75) is 32.3 Å². The third kappa shape index (κ3) is 5.14. The highest BCUT2D eigenvalue weighted by atomic mass is 16.5. The van der Waals surface area contributed by atoms with E-state index in [2.05, 4.69) is 17.3 Å². The van der Waals surface area contributed by atoms with Gasteiger partial charge >= 0.3 is 0 Å². The summed E-state index contributed by atoms with van der Waals surface area (Å²) < 4.78 is 5.55. The van der Waals surface area contributed by atoms with Crippen molar-refractivity contribution in [1.29, 1.82) is 0 Å². The molecule has 1 aliphatic rings. The van der Waals surface area contributed by atoms with Crippen LogP contribution in [0.1, 0.15) is 26.2 Å². The summed E-state index contributed by atoms with van der Waals surface area (Å²) in [6, 6.07) is 0. The Kier molecular flexibility index (Phi) is 5.65. The molecule has 0 bridgehead atoms. The van der Waals surface area contributed by atoms with Crippen molar-refractivity contribution in [2.75, 3.05) is 33.3 Å². The first-order valence-electron chi connectivity index (χ1n) is 5.79. The molecule has 0 aromatic rings. The molecule has 0 radical (unpaired) electrons. The summed E-state index contributed by atoms with van der Waals surface area (Å²) in [4.78, 5) is 13.6. The molecule has 0 aromatic carbocycles. The van der Waals surface area contributed by atoms with E-state index in [9.17, 15) is 4.79 Å². The summed E-state index contributed by atoms with van der Waals surface area (Å²) in [6.45, 7) is 5.14. The quantitative estimate of drug-likeness (QED) is 0.729. The van der Waals surface area contributed by atoms with E-state index in [1.165, 1.54) is 0 Å². The highest BCUT2D eigenvalue weighted by molar-refractivity contribution is 5.77. The van der Waals surface area contributed by atoms with Gasteiger partial charge in [-0.15, -0.1) is 0 Å². The number of likely N-dealkylation sites (tertiary alicyclic amines) is 1. The first-order valence-corrected chi connectivity index (χ1v) is 5.79. The predicted octanol–water partition coefficient (Wildman–Crippen LogP) is 0.623. The van der Waals surface area contributed by atoms with Gasteiger partial charge in [-0.1, -0.05) is 6.92 Å². The van der Waals surface area contributed by atoms with Gasteiger partial charge in [0.25, 0.3) is 0 Å². The molecule has 1 N–H and O–H groups in total. The van der Waals surface area contributed by atoms with Crippen LogP contribution in [0.4, 0.5) is 0 Å². The monoisotopic (exact) mass is 214 g/mol. The zero-order valence-corrected chi connectivity index (χ0v) is 9.79. The molecule has 88 valence electrons. The van der Waals surface area contributed by atoms with Crippen LogP contribution in [-0.2, 0) is 9.53 Å². The van der Waals surface area contributed by atoms with Gasteiger partial charge in [0.1, 0.15) is 6.61 Å². The predicted molar refractivity (Wildman–Crippen MR) is 59.8 cm³/mol. The standard InChI is InChI=1S/C11H22N2O2/c1-3-6-12-11(14)9-15-10-4-7-13(2)8-5-10/h10H,3-9H2,1-2H3,(H,12,14). The third-order valence-corrected chi connectivity index (χ3v) is 2.69. The smallest absolute Gasteiger partial charge is 0.246 e. The maximum atomic E-state index is 11.3. The van der Waals surface area contributed by atoms with Gasteiger partial charge in [0.2, 0.25) is 5.91 Å². The molecule has 0 aliphatic carbocycles. The number of nitrogens with one attached hydrogen (secondary N) is 1. The minimum Gasteiger partial charge on any atom is -0.368 e. The number of carbonyl (C=O) groups excluding carboxylic acids is 1. The van der Waals surface area contributed by atoms with Gasteiger partial charge < -0.3 is 15.0 Å². The molecular formula is C11H22N2O2. The van der Waals surface area contributed by atoms with E-state index < -0.39 is 0 Å². The molecule has 1 fully saturated rings. The van der Waals surface area contributed by atoms with E-state index >= 15 is 0 Å². The lowest BCUT2D eigenvalue weighted by atomic mass is 10.1. The molecule has 4 nitrogen and oxygen atoms in total. The topological polar surface area (TPSA) is 41.6 Å². The molecule has 1 aliphatic heterocycles. The molecule has 1 rings (SSSR count). The average molecular weight is 214 g/mol. The van der Waals surface area contributed by atoms with Gasteiger partial charge in [-0.2, -0.15) is 0 Å². The number of piperidine rings is 1. The van der Waals surface area contributed by atoms with Crippen molar-refractivity contribution in [3.05, 3.63) is 0 Å². The Hall–Kier alpha value is -0.610. The molecule has 15 heavy (non-hydrogen) atoms. The van der Waals surface area contributed by atoms with Crippen molar-refractivity contribution in [1.82, 2.24) is 10.2 Å². The summed E-state index contributed by atoms with van der Waals surface area (Å²) in [6.07, 6.45) is 3.32. The van der Waals surface area contributed by atoms with Crippen molar-refractivity contribution >= 4 is 5.91 Å². The fraction of sp³-hybridized carbons (Fsp3) is 0.909. The number of hydrogen-bond acceptors (Lipinski definition) is 3. The molecule has 1 saturated heterocycles. The number of ether oxygens (including phenoxy) is 1. The number of carbonyl (C=O) groups is 1. The molecule has 0 spiro atoms. The summed E-state index contributed by atoms with van der Waals surface area (Å²) >= 11 is 0. The fourth-order valence-electron chi connectivity index (χ4n) is 1.66. The van der Waals surface area contributed by atoms with E-state index in [1.807, 2.05) is 6.92 Å². The van der Waals surface area contributed by atoms with Crippen LogP contribution in [0.5, 0.6) is 0 Å². The Morgan fingerprint density at radius 3 is 2.73 bits per heavy atom. The normalized spacial score (nSPS) is 19.1. The van der Waals surface area contributed by atoms with Crippen LogP contribution >= 0.6 is 0 Å². The Morgan fingerprint density at radius 2 is 2.13 bits per heavy atom. The maximum absolute atomic E-state index is 11.3. The lowest BCUT2D eigenvalue weighted by molar-refractivity contribution is -0.128. The Balaban J connectivity index is 2.06. The second-order valence-electron chi connectivity index (χ2n) is 4.16. The molecule has 1 heterocycles. The third-order valence-electron chi connectivity index (χ3n) is 2.69. The van der Waals surface area contributed by atoms with Gasteiger partial charge in [-0.25, -0.2) is 0 Å². The van der Waals surface area contributed by atoms with E-state index in [0.717, 1.165) is 38.9 Å².